The molecule has 0 amide bonds. The third-order valence-corrected chi connectivity index (χ3v) is 4.76. The number of hydrogen-bond donors (Lipinski definition) is 0. The number of rotatable bonds is 3. The van der Waals surface area contributed by atoms with Gasteiger partial charge in [-0.2, -0.15) is 0 Å². The van der Waals surface area contributed by atoms with Crippen molar-refractivity contribution in [2.75, 3.05) is 0 Å². The van der Waals surface area contributed by atoms with E-state index in [0.29, 0.717) is 0 Å². The SMILES string of the molecule is Cc1cc(C)c(CCc2nc(C)n(C)c2Br)c(C)c1. The van der Waals surface area contributed by atoms with E-state index in [2.05, 4.69) is 58.4 Å². The average Bonchev–Trinajstić information content (AvgIpc) is 2.55. The molecule has 2 nitrogen and oxygen atoms in total. The molecule has 1 aromatic heterocycles. The zero-order valence-electron chi connectivity index (χ0n) is 12.3. The normalized spacial score (nSPS) is 11.1. The number of aryl methyl sites for hydroxylation is 5. The predicted octanol–water partition coefficient (Wildman–Crippen LogP) is 4.20. The minimum absolute atomic E-state index is 0.979. The maximum absolute atomic E-state index is 4.62. The van der Waals surface area contributed by atoms with E-state index in [1.165, 1.54) is 22.3 Å². The molecule has 19 heavy (non-hydrogen) atoms. The summed E-state index contributed by atoms with van der Waals surface area (Å²) in [6.07, 6.45) is 2.03. The van der Waals surface area contributed by atoms with Crippen LogP contribution in [-0.2, 0) is 19.9 Å². The minimum Gasteiger partial charge on any atom is -0.326 e. The Balaban J connectivity index is 2.21. The van der Waals surface area contributed by atoms with Crippen molar-refractivity contribution in [1.82, 2.24) is 9.55 Å². The Bertz CT molecular complexity index is 588. The molecule has 0 radical (unpaired) electrons. The van der Waals surface area contributed by atoms with Gasteiger partial charge in [0.05, 0.1) is 5.69 Å². The monoisotopic (exact) mass is 320 g/mol. The summed E-state index contributed by atoms with van der Waals surface area (Å²) in [4.78, 5) is 4.62. The molecular formula is C16H21BrN2. The smallest absolute Gasteiger partial charge is 0.108 e. The quantitative estimate of drug-likeness (QED) is 0.828. The predicted molar refractivity (Wildman–Crippen MR) is 83.7 cm³/mol. The average molecular weight is 321 g/mol. The van der Waals surface area contributed by atoms with Crippen LogP contribution in [-0.4, -0.2) is 9.55 Å². The molecule has 0 aliphatic heterocycles. The molecule has 2 aromatic rings. The zero-order valence-corrected chi connectivity index (χ0v) is 13.9. The van der Waals surface area contributed by atoms with Crippen molar-refractivity contribution in [2.24, 2.45) is 7.05 Å². The minimum atomic E-state index is 0.979. The lowest BCUT2D eigenvalue weighted by Gasteiger charge is -2.10. The van der Waals surface area contributed by atoms with E-state index < -0.39 is 0 Å². The van der Waals surface area contributed by atoms with Gasteiger partial charge in [-0.3, -0.25) is 0 Å². The summed E-state index contributed by atoms with van der Waals surface area (Å²) in [6.45, 7) is 8.60. The van der Waals surface area contributed by atoms with E-state index in [-0.39, 0.29) is 0 Å². The van der Waals surface area contributed by atoms with Gasteiger partial charge in [0.25, 0.3) is 0 Å². The summed E-state index contributed by atoms with van der Waals surface area (Å²) in [5.41, 5.74) is 6.73. The van der Waals surface area contributed by atoms with E-state index in [0.717, 1.165) is 29.0 Å². The lowest BCUT2D eigenvalue weighted by Crippen LogP contribution is -1.99. The first-order valence-corrected chi connectivity index (χ1v) is 7.44. The van der Waals surface area contributed by atoms with Crippen LogP contribution in [0.15, 0.2) is 16.7 Å². The first-order valence-electron chi connectivity index (χ1n) is 6.64. The van der Waals surface area contributed by atoms with Crippen LogP contribution >= 0.6 is 15.9 Å². The topological polar surface area (TPSA) is 17.8 Å². The lowest BCUT2D eigenvalue weighted by atomic mass is 9.96. The van der Waals surface area contributed by atoms with Crippen LogP contribution < -0.4 is 0 Å². The van der Waals surface area contributed by atoms with Crippen molar-refractivity contribution in [1.29, 1.82) is 0 Å². The Hall–Kier alpha value is -1.09. The summed E-state index contributed by atoms with van der Waals surface area (Å²) in [5.74, 6) is 1.05. The highest BCUT2D eigenvalue weighted by Gasteiger charge is 2.11. The molecular weight excluding hydrogens is 300 g/mol. The summed E-state index contributed by atoms with van der Waals surface area (Å²) in [6, 6.07) is 4.53. The standard InChI is InChI=1S/C16H21BrN2/c1-10-8-11(2)14(12(3)9-10)6-7-15-16(17)19(5)13(4)18-15/h8-9H,6-7H2,1-5H3. The molecule has 1 heterocycles. The second-order valence-electron chi connectivity index (χ2n) is 5.33. The van der Waals surface area contributed by atoms with Crippen LogP contribution in [0.3, 0.4) is 0 Å². The number of benzene rings is 1. The largest absolute Gasteiger partial charge is 0.326 e. The first kappa shape index (κ1) is 14.3. The number of aromatic nitrogens is 2. The lowest BCUT2D eigenvalue weighted by molar-refractivity contribution is 0.838. The van der Waals surface area contributed by atoms with Gasteiger partial charge in [-0.25, -0.2) is 4.98 Å². The first-order chi connectivity index (χ1) is 8.90. The Kier molecular flexibility index (Phi) is 4.14. The molecule has 0 saturated heterocycles. The molecule has 3 heteroatoms. The Labute approximate surface area is 124 Å². The number of hydrogen-bond acceptors (Lipinski definition) is 1. The molecule has 0 atom stereocenters. The summed E-state index contributed by atoms with van der Waals surface area (Å²) < 4.78 is 3.19. The molecule has 0 fully saturated rings. The van der Waals surface area contributed by atoms with Gasteiger partial charge in [0.1, 0.15) is 10.4 Å². The van der Waals surface area contributed by atoms with E-state index >= 15 is 0 Å². The van der Waals surface area contributed by atoms with Crippen LogP contribution in [0.5, 0.6) is 0 Å². The van der Waals surface area contributed by atoms with Crippen LogP contribution in [0.1, 0.15) is 33.8 Å². The zero-order chi connectivity index (χ0) is 14.2. The van der Waals surface area contributed by atoms with Gasteiger partial charge in [0.15, 0.2) is 0 Å². The van der Waals surface area contributed by atoms with Gasteiger partial charge in [0.2, 0.25) is 0 Å². The van der Waals surface area contributed by atoms with Crippen LogP contribution in [0, 0.1) is 27.7 Å². The Morgan fingerprint density at radius 2 is 1.63 bits per heavy atom. The Morgan fingerprint density at radius 3 is 2.11 bits per heavy atom. The van der Waals surface area contributed by atoms with Gasteiger partial charge in [-0.05, 0) is 73.2 Å². The highest BCUT2D eigenvalue weighted by Crippen LogP contribution is 2.22. The van der Waals surface area contributed by atoms with Crippen LogP contribution in [0.25, 0.3) is 0 Å². The highest BCUT2D eigenvalue weighted by molar-refractivity contribution is 9.10. The van der Waals surface area contributed by atoms with Gasteiger partial charge in [-0.15, -0.1) is 0 Å². The second kappa shape index (κ2) is 5.49. The van der Waals surface area contributed by atoms with Crippen LogP contribution in [0.2, 0.25) is 0 Å². The number of nitrogens with zero attached hydrogens (tertiary/aromatic N) is 2. The van der Waals surface area contributed by atoms with E-state index in [1.807, 2.05) is 14.0 Å². The van der Waals surface area contributed by atoms with Crippen molar-refractivity contribution < 1.29 is 0 Å². The molecule has 1 aromatic carbocycles. The second-order valence-corrected chi connectivity index (χ2v) is 6.08. The molecule has 2 rings (SSSR count). The van der Waals surface area contributed by atoms with E-state index in [1.54, 1.807) is 0 Å². The molecule has 0 N–H and O–H groups in total. The summed E-state index contributed by atoms with van der Waals surface area (Å²) >= 11 is 3.62. The van der Waals surface area contributed by atoms with Crippen molar-refractivity contribution >= 4 is 15.9 Å². The summed E-state index contributed by atoms with van der Waals surface area (Å²) in [7, 11) is 2.04. The van der Waals surface area contributed by atoms with Crippen molar-refractivity contribution in [2.45, 2.75) is 40.5 Å². The van der Waals surface area contributed by atoms with Crippen molar-refractivity contribution in [3.8, 4) is 0 Å². The van der Waals surface area contributed by atoms with Gasteiger partial charge in [-0.1, -0.05) is 17.7 Å². The Morgan fingerprint density at radius 1 is 1.05 bits per heavy atom. The highest BCUT2D eigenvalue weighted by atomic mass is 79.9. The van der Waals surface area contributed by atoms with Gasteiger partial charge < -0.3 is 4.57 Å². The fourth-order valence-electron chi connectivity index (χ4n) is 2.66. The van der Waals surface area contributed by atoms with Gasteiger partial charge >= 0.3 is 0 Å². The molecule has 0 aliphatic rings. The molecule has 0 unspecified atom stereocenters. The third-order valence-electron chi connectivity index (χ3n) is 3.77. The number of halogens is 1. The molecule has 0 spiro atoms. The molecule has 0 bridgehead atoms. The maximum Gasteiger partial charge on any atom is 0.108 e. The molecule has 0 aliphatic carbocycles. The van der Waals surface area contributed by atoms with Crippen LogP contribution in [0.4, 0.5) is 0 Å². The summed E-state index contributed by atoms with van der Waals surface area (Å²) in [5, 5.41) is 0. The van der Waals surface area contributed by atoms with Crippen molar-refractivity contribution in [3.63, 3.8) is 0 Å². The van der Waals surface area contributed by atoms with E-state index in [4.69, 9.17) is 0 Å². The molecule has 102 valence electrons. The van der Waals surface area contributed by atoms with E-state index in [9.17, 15) is 0 Å². The fraction of sp³-hybridized carbons (Fsp3) is 0.438. The molecule has 0 saturated carbocycles. The van der Waals surface area contributed by atoms with Gasteiger partial charge in [0, 0.05) is 7.05 Å². The third kappa shape index (κ3) is 2.92. The fourth-order valence-corrected chi connectivity index (χ4v) is 3.20. The number of imidazole rings is 1. The maximum atomic E-state index is 4.62. The van der Waals surface area contributed by atoms with Crippen molar-refractivity contribution in [3.05, 3.63) is 50.5 Å².